The van der Waals surface area contributed by atoms with Crippen LogP contribution in [0.1, 0.15) is 12.5 Å². The van der Waals surface area contributed by atoms with Gasteiger partial charge in [-0.3, -0.25) is 9.69 Å². The Morgan fingerprint density at radius 1 is 1.45 bits per heavy atom. The van der Waals surface area contributed by atoms with E-state index in [2.05, 4.69) is 5.32 Å². The van der Waals surface area contributed by atoms with Crippen LogP contribution in [0.5, 0.6) is 0 Å². The molecule has 0 aromatic heterocycles. The van der Waals surface area contributed by atoms with Gasteiger partial charge in [0.2, 0.25) is 0 Å². The second-order valence-electron chi connectivity index (χ2n) is 4.79. The van der Waals surface area contributed by atoms with E-state index in [4.69, 9.17) is 16.3 Å². The average Bonchev–Trinajstić information content (AvgIpc) is 2.57. The lowest BCUT2D eigenvalue weighted by molar-refractivity contribution is -0.132. The Kier molecular flexibility index (Phi) is 3.96. The van der Waals surface area contributed by atoms with Crippen molar-refractivity contribution in [3.8, 4) is 0 Å². The van der Waals surface area contributed by atoms with Crippen molar-refractivity contribution in [1.82, 2.24) is 10.2 Å². The lowest BCUT2D eigenvalue weighted by atomic mass is 10.0. The molecule has 1 atom stereocenters. The molecule has 1 aromatic carbocycles. The molecule has 3 amide bonds. The van der Waals surface area contributed by atoms with Gasteiger partial charge >= 0.3 is 6.03 Å². The molecule has 0 saturated carbocycles. The van der Waals surface area contributed by atoms with Crippen molar-refractivity contribution in [1.29, 1.82) is 0 Å². The van der Waals surface area contributed by atoms with Gasteiger partial charge in [-0.1, -0.05) is 17.7 Å². The number of carbonyl (C=O) groups is 2. The predicted octanol–water partition coefficient (Wildman–Crippen LogP) is 1.94. The van der Waals surface area contributed by atoms with Crippen LogP contribution >= 0.6 is 11.6 Å². The summed E-state index contributed by atoms with van der Waals surface area (Å²) >= 11 is 5.90. The highest BCUT2D eigenvalue weighted by Gasteiger charge is 2.48. The highest BCUT2D eigenvalue weighted by Crippen LogP contribution is 2.25. The smallest absolute Gasteiger partial charge is 0.325 e. The Balaban J connectivity index is 2.26. The lowest BCUT2D eigenvalue weighted by Gasteiger charge is -2.20. The van der Waals surface area contributed by atoms with Gasteiger partial charge < -0.3 is 10.1 Å². The van der Waals surface area contributed by atoms with Gasteiger partial charge in [0.1, 0.15) is 11.4 Å². The van der Waals surface area contributed by atoms with Crippen LogP contribution in [0.15, 0.2) is 18.2 Å². The summed E-state index contributed by atoms with van der Waals surface area (Å²) in [6, 6.07) is 3.61. The van der Waals surface area contributed by atoms with Crippen LogP contribution in [0.3, 0.4) is 0 Å². The molecule has 1 aliphatic heterocycles. The number of methoxy groups -OCH3 is 1. The Bertz CT molecular complexity index is 546. The molecule has 0 radical (unpaired) electrons. The maximum atomic E-state index is 13.7. The Morgan fingerprint density at radius 2 is 2.15 bits per heavy atom. The minimum Gasteiger partial charge on any atom is -0.382 e. The standard InChI is InChI=1S/C13H14ClFN2O3/c1-13(7-20-2)11(18)17(12(19)16-13)6-8-9(14)4-3-5-10(8)15/h3-5H,6-7H2,1-2H3,(H,16,19)/t13-/m1/s1. The molecule has 2 rings (SSSR count). The predicted molar refractivity (Wildman–Crippen MR) is 70.8 cm³/mol. The third-order valence-electron chi connectivity index (χ3n) is 3.16. The monoisotopic (exact) mass is 300 g/mol. The maximum absolute atomic E-state index is 13.7. The number of rotatable bonds is 4. The quantitative estimate of drug-likeness (QED) is 0.865. The van der Waals surface area contributed by atoms with E-state index in [1.54, 1.807) is 6.92 Å². The first kappa shape index (κ1) is 14.7. The Labute approximate surface area is 120 Å². The third kappa shape index (κ3) is 2.48. The van der Waals surface area contributed by atoms with E-state index in [1.165, 1.54) is 25.3 Å². The van der Waals surface area contributed by atoms with Crippen molar-refractivity contribution < 1.29 is 18.7 Å². The number of amides is 3. The van der Waals surface area contributed by atoms with E-state index in [1.807, 2.05) is 0 Å². The topological polar surface area (TPSA) is 58.6 Å². The van der Waals surface area contributed by atoms with Crippen molar-refractivity contribution >= 4 is 23.5 Å². The maximum Gasteiger partial charge on any atom is 0.325 e. The Hall–Kier alpha value is -1.66. The summed E-state index contributed by atoms with van der Waals surface area (Å²) in [4.78, 5) is 25.1. The van der Waals surface area contributed by atoms with Gasteiger partial charge in [0.05, 0.1) is 13.2 Å². The minimum absolute atomic E-state index is 0.0408. The van der Waals surface area contributed by atoms with Crippen LogP contribution in [-0.2, 0) is 16.1 Å². The highest BCUT2D eigenvalue weighted by molar-refractivity contribution is 6.31. The zero-order valence-electron chi connectivity index (χ0n) is 11.1. The van der Waals surface area contributed by atoms with Crippen LogP contribution in [0.4, 0.5) is 9.18 Å². The van der Waals surface area contributed by atoms with Gasteiger partial charge in [0, 0.05) is 17.7 Å². The summed E-state index contributed by atoms with van der Waals surface area (Å²) in [5.41, 5.74) is -1.02. The van der Waals surface area contributed by atoms with E-state index in [-0.39, 0.29) is 23.7 Å². The molecule has 20 heavy (non-hydrogen) atoms. The van der Waals surface area contributed by atoms with Crippen molar-refractivity contribution in [2.75, 3.05) is 13.7 Å². The van der Waals surface area contributed by atoms with Crippen molar-refractivity contribution in [2.24, 2.45) is 0 Å². The molecule has 0 unspecified atom stereocenters. The molecular weight excluding hydrogens is 287 g/mol. The molecule has 1 heterocycles. The fourth-order valence-corrected chi connectivity index (χ4v) is 2.34. The van der Waals surface area contributed by atoms with Gasteiger partial charge in [0.25, 0.3) is 5.91 Å². The van der Waals surface area contributed by atoms with Gasteiger partial charge in [-0.15, -0.1) is 0 Å². The second kappa shape index (κ2) is 5.38. The fourth-order valence-electron chi connectivity index (χ4n) is 2.12. The number of hydrogen-bond donors (Lipinski definition) is 1. The number of nitrogens with zero attached hydrogens (tertiary/aromatic N) is 1. The minimum atomic E-state index is -1.14. The number of urea groups is 1. The van der Waals surface area contributed by atoms with Crippen molar-refractivity contribution in [3.05, 3.63) is 34.6 Å². The second-order valence-corrected chi connectivity index (χ2v) is 5.19. The average molecular weight is 301 g/mol. The van der Waals surface area contributed by atoms with E-state index in [9.17, 15) is 14.0 Å². The summed E-state index contributed by atoms with van der Waals surface area (Å²) in [6.45, 7) is 1.38. The molecule has 1 saturated heterocycles. The number of benzene rings is 1. The number of nitrogens with one attached hydrogen (secondary N) is 1. The van der Waals surface area contributed by atoms with Crippen molar-refractivity contribution in [3.63, 3.8) is 0 Å². The molecule has 0 bridgehead atoms. The number of halogens is 2. The fraction of sp³-hybridized carbons (Fsp3) is 0.385. The summed E-state index contributed by atoms with van der Waals surface area (Å²) in [5, 5.41) is 2.71. The van der Waals surface area contributed by atoms with E-state index in [0.717, 1.165) is 4.90 Å². The van der Waals surface area contributed by atoms with E-state index >= 15 is 0 Å². The van der Waals surface area contributed by atoms with Crippen LogP contribution in [-0.4, -0.2) is 36.1 Å². The van der Waals surface area contributed by atoms with E-state index < -0.39 is 23.3 Å². The summed E-state index contributed by atoms with van der Waals surface area (Å²) in [5.74, 6) is -1.03. The molecular formula is C13H14ClFN2O3. The van der Waals surface area contributed by atoms with Crippen LogP contribution in [0, 0.1) is 5.82 Å². The zero-order valence-corrected chi connectivity index (χ0v) is 11.8. The molecule has 1 fully saturated rings. The molecule has 0 spiro atoms. The van der Waals surface area contributed by atoms with Crippen LogP contribution < -0.4 is 5.32 Å². The highest BCUT2D eigenvalue weighted by atomic mass is 35.5. The van der Waals surface area contributed by atoms with Crippen molar-refractivity contribution in [2.45, 2.75) is 19.0 Å². The van der Waals surface area contributed by atoms with Crippen LogP contribution in [0.25, 0.3) is 0 Å². The molecule has 0 aliphatic carbocycles. The number of imide groups is 1. The van der Waals surface area contributed by atoms with Crippen LogP contribution in [0.2, 0.25) is 5.02 Å². The number of ether oxygens (including phenoxy) is 1. The first-order valence-electron chi connectivity index (χ1n) is 5.95. The first-order chi connectivity index (χ1) is 9.39. The summed E-state index contributed by atoms with van der Waals surface area (Å²) in [6.07, 6.45) is 0. The van der Waals surface area contributed by atoms with E-state index in [0.29, 0.717) is 0 Å². The lowest BCUT2D eigenvalue weighted by Crippen LogP contribution is -2.47. The SMILES string of the molecule is COC[C@@]1(C)NC(=O)N(Cc2c(F)cccc2Cl)C1=O. The molecule has 1 aliphatic rings. The summed E-state index contributed by atoms with van der Waals surface area (Å²) < 4.78 is 18.7. The zero-order chi connectivity index (χ0) is 14.9. The molecule has 108 valence electrons. The van der Waals surface area contributed by atoms with Gasteiger partial charge in [-0.2, -0.15) is 0 Å². The number of hydrogen-bond acceptors (Lipinski definition) is 3. The molecule has 5 nitrogen and oxygen atoms in total. The third-order valence-corrected chi connectivity index (χ3v) is 3.51. The molecule has 7 heteroatoms. The van der Waals surface area contributed by atoms with Gasteiger partial charge in [0.15, 0.2) is 0 Å². The first-order valence-corrected chi connectivity index (χ1v) is 6.33. The largest absolute Gasteiger partial charge is 0.382 e. The normalized spacial score (nSPS) is 22.3. The molecule has 1 N–H and O–H groups in total. The summed E-state index contributed by atoms with van der Waals surface area (Å²) in [7, 11) is 1.43. The van der Waals surface area contributed by atoms with Gasteiger partial charge in [-0.25, -0.2) is 9.18 Å². The molecule has 1 aromatic rings. The number of carbonyl (C=O) groups excluding carboxylic acids is 2. The van der Waals surface area contributed by atoms with Gasteiger partial charge in [-0.05, 0) is 19.1 Å². The Morgan fingerprint density at radius 3 is 2.75 bits per heavy atom.